The van der Waals surface area contributed by atoms with Gasteiger partial charge in [0.05, 0.1) is 25.7 Å². The number of ether oxygens (including phenoxy) is 5. The van der Waals surface area contributed by atoms with Gasteiger partial charge in [0, 0.05) is 26.6 Å². The lowest BCUT2D eigenvalue weighted by molar-refractivity contribution is -0.131. The van der Waals surface area contributed by atoms with Gasteiger partial charge in [-0.3, -0.25) is 4.79 Å². The van der Waals surface area contributed by atoms with Gasteiger partial charge in [0.15, 0.2) is 11.5 Å². The van der Waals surface area contributed by atoms with Gasteiger partial charge in [-0.2, -0.15) is 0 Å². The Labute approximate surface area is 228 Å². The van der Waals surface area contributed by atoms with E-state index in [1.165, 1.54) is 0 Å². The molecule has 1 aromatic rings. The molecule has 8 heteroatoms. The first-order valence-corrected chi connectivity index (χ1v) is 13.5. The Morgan fingerprint density at radius 3 is 2.45 bits per heavy atom. The van der Waals surface area contributed by atoms with Gasteiger partial charge < -0.3 is 29.0 Å². The second-order valence-electron chi connectivity index (χ2n) is 11.5. The molecule has 1 N–H and O–H groups in total. The molecule has 8 nitrogen and oxygen atoms in total. The summed E-state index contributed by atoms with van der Waals surface area (Å²) in [5.41, 5.74) is 1.18. The van der Waals surface area contributed by atoms with E-state index in [0.717, 1.165) is 24.0 Å². The summed E-state index contributed by atoms with van der Waals surface area (Å²) in [6, 6.07) is 5.65. The standard InChI is InChI=1S/C30H47NO7/c1-19(2)22(15-21-11-12-25(35-9)27(16-21)36-14-10-13-34-8)17-24-26(37-29(33)38-30(5,6)7)18-23(20(3)4)28(32)31-24/h11-12,16,19,22-24,26H,3,10,13-15,17-18H2,1-2,4-9H3,(H,31,32)/t22-,23?,24-,26-/m0/s1. The largest absolute Gasteiger partial charge is 0.509 e. The zero-order valence-electron chi connectivity index (χ0n) is 24.4. The summed E-state index contributed by atoms with van der Waals surface area (Å²) in [6.45, 7) is 16.7. The minimum Gasteiger partial charge on any atom is -0.493 e. The molecule has 1 saturated heterocycles. The molecule has 1 unspecified atom stereocenters. The molecule has 1 aliphatic rings. The Morgan fingerprint density at radius 1 is 1.16 bits per heavy atom. The average Bonchev–Trinajstić information content (AvgIpc) is 2.81. The van der Waals surface area contributed by atoms with E-state index in [4.69, 9.17) is 23.7 Å². The summed E-state index contributed by atoms with van der Waals surface area (Å²) in [5, 5.41) is 3.12. The molecule has 0 aliphatic carbocycles. The highest BCUT2D eigenvalue weighted by Gasteiger charge is 2.40. The van der Waals surface area contributed by atoms with Crippen molar-refractivity contribution in [3.05, 3.63) is 35.9 Å². The number of hydrogen-bond acceptors (Lipinski definition) is 7. The van der Waals surface area contributed by atoms with Crippen molar-refractivity contribution in [1.29, 1.82) is 0 Å². The predicted octanol–water partition coefficient (Wildman–Crippen LogP) is 5.72. The SMILES string of the molecule is C=C(C)C1C[C@H](OC(=O)OC(C)(C)C)[C@H](C[C@H](Cc2ccc(OC)c(OCCCOC)c2)C(C)C)NC1=O. The summed E-state index contributed by atoms with van der Waals surface area (Å²) >= 11 is 0. The quantitative estimate of drug-likeness (QED) is 0.197. The van der Waals surface area contributed by atoms with E-state index in [2.05, 4.69) is 25.7 Å². The number of carbonyl (C=O) groups is 2. The van der Waals surface area contributed by atoms with Crippen LogP contribution in [0.5, 0.6) is 11.5 Å². The number of benzene rings is 1. The number of carbonyl (C=O) groups excluding carboxylic acids is 2. The van der Waals surface area contributed by atoms with E-state index in [1.807, 2.05) is 25.1 Å². The fourth-order valence-electron chi connectivity index (χ4n) is 4.61. The molecule has 0 aromatic heterocycles. The first kappa shape index (κ1) is 31.5. The fourth-order valence-corrected chi connectivity index (χ4v) is 4.61. The maximum atomic E-state index is 12.9. The van der Waals surface area contributed by atoms with Gasteiger partial charge in [-0.25, -0.2) is 4.79 Å². The van der Waals surface area contributed by atoms with Crippen molar-refractivity contribution in [2.75, 3.05) is 27.4 Å². The van der Waals surface area contributed by atoms with Gasteiger partial charge in [-0.05, 0) is 70.1 Å². The van der Waals surface area contributed by atoms with Crippen molar-refractivity contribution in [2.24, 2.45) is 17.8 Å². The van der Waals surface area contributed by atoms with Crippen LogP contribution in [0.4, 0.5) is 4.79 Å². The minimum absolute atomic E-state index is 0.0785. The van der Waals surface area contributed by atoms with E-state index in [9.17, 15) is 9.59 Å². The van der Waals surface area contributed by atoms with Crippen LogP contribution in [0.1, 0.15) is 66.4 Å². The van der Waals surface area contributed by atoms with Crippen LogP contribution >= 0.6 is 0 Å². The third kappa shape index (κ3) is 9.86. The number of methoxy groups -OCH3 is 2. The van der Waals surface area contributed by atoms with Crippen LogP contribution in [0, 0.1) is 17.8 Å². The lowest BCUT2D eigenvalue weighted by atomic mass is 9.79. The summed E-state index contributed by atoms with van der Waals surface area (Å²) < 4.78 is 27.8. The molecule has 0 saturated carbocycles. The van der Waals surface area contributed by atoms with Crippen LogP contribution in [0.15, 0.2) is 30.4 Å². The molecule has 0 spiro atoms. The average molecular weight is 534 g/mol. The van der Waals surface area contributed by atoms with E-state index < -0.39 is 23.8 Å². The van der Waals surface area contributed by atoms with Crippen molar-refractivity contribution in [1.82, 2.24) is 5.32 Å². The van der Waals surface area contributed by atoms with Crippen molar-refractivity contribution in [2.45, 2.75) is 85.0 Å². The van der Waals surface area contributed by atoms with Gasteiger partial charge in [0.2, 0.25) is 5.91 Å². The smallest absolute Gasteiger partial charge is 0.493 e. The molecule has 0 bridgehead atoms. The van der Waals surface area contributed by atoms with Crippen molar-refractivity contribution < 1.29 is 33.3 Å². The van der Waals surface area contributed by atoms with Gasteiger partial charge in [-0.15, -0.1) is 0 Å². The summed E-state index contributed by atoms with van der Waals surface area (Å²) in [6.07, 6.45) is 1.35. The van der Waals surface area contributed by atoms with Crippen molar-refractivity contribution >= 4 is 12.1 Å². The Balaban J connectivity index is 2.21. The van der Waals surface area contributed by atoms with Gasteiger partial charge in [0.25, 0.3) is 0 Å². The number of hydrogen-bond donors (Lipinski definition) is 1. The van der Waals surface area contributed by atoms with Crippen LogP contribution < -0.4 is 14.8 Å². The fraction of sp³-hybridized carbons (Fsp3) is 0.667. The zero-order chi connectivity index (χ0) is 28.5. The Hall–Kier alpha value is -2.74. The Kier molecular flexibility index (Phi) is 11.9. The molecule has 4 atom stereocenters. The van der Waals surface area contributed by atoms with Crippen LogP contribution in [0.25, 0.3) is 0 Å². The summed E-state index contributed by atoms with van der Waals surface area (Å²) in [4.78, 5) is 25.4. The number of piperidine rings is 1. The molecular formula is C30H47NO7. The summed E-state index contributed by atoms with van der Waals surface area (Å²) in [7, 11) is 3.30. The maximum absolute atomic E-state index is 12.9. The second kappa shape index (κ2) is 14.4. The molecule has 1 heterocycles. The molecular weight excluding hydrogens is 486 g/mol. The third-order valence-electron chi connectivity index (χ3n) is 6.77. The number of rotatable bonds is 13. The Bertz CT molecular complexity index is 937. The van der Waals surface area contributed by atoms with Crippen LogP contribution in [0.2, 0.25) is 0 Å². The monoisotopic (exact) mass is 533 g/mol. The number of nitrogens with one attached hydrogen (secondary N) is 1. The molecule has 1 amide bonds. The topological polar surface area (TPSA) is 92.3 Å². The second-order valence-corrected chi connectivity index (χ2v) is 11.5. The normalized spacial score (nSPS) is 20.4. The highest BCUT2D eigenvalue weighted by molar-refractivity contribution is 5.82. The predicted molar refractivity (Wildman–Crippen MR) is 148 cm³/mol. The third-order valence-corrected chi connectivity index (χ3v) is 6.77. The first-order chi connectivity index (χ1) is 17.8. The van der Waals surface area contributed by atoms with E-state index >= 15 is 0 Å². The molecule has 0 radical (unpaired) electrons. The number of amides is 1. The van der Waals surface area contributed by atoms with E-state index in [0.29, 0.717) is 43.5 Å². The highest BCUT2D eigenvalue weighted by atomic mass is 16.7. The summed E-state index contributed by atoms with van der Waals surface area (Å²) in [5.74, 6) is 1.43. The molecule has 38 heavy (non-hydrogen) atoms. The van der Waals surface area contributed by atoms with Crippen molar-refractivity contribution in [3.63, 3.8) is 0 Å². The Morgan fingerprint density at radius 2 is 1.87 bits per heavy atom. The van der Waals surface area contributed by atoms with Crippen LogP contribution in [-0.4, -0.2) is 57.2 Å². The minimum atomic E-state index is -0.726. The van der Waals surface area contributed by atoms with E-state index in [1.54, 1.807) is 35.0 Å². The lowest BCUT2D eigenvalue weighted by Crippen LogP contribution is -2.55. The zero-order valence-corrected chi connectivity index (χ0v) is 24.4. The highest BCUT2D eigenvalue weighted by Crippen LogP contribution is 2.33. The molecule has 2 rings (SSSR count). The molecule has 1 aromatic carbocycles. The van der Waals surface area contributed by atoms with Gasteiger partial charge in [0.1, 0.15) is 11.7 Å². The molecule has 1 fully saturated rings. The van der Waals surface area contributed by atoms with E-state index in [-0.39, 0.29) is 17.9 Å². The first-order valence-electron chi connectivity index (χ1n) is 13.5. The van der Waals surface area contributed by atoms with Gasteiger partial charge >= 0.3 is 6.16 Å². The maximum Gasteiger partial charge on any atom is 0.509 e. The molecule has 214 valence electrons. The van der Waals surface area contributed by atoms with Crippen molar-refractivity contribution in [3.8, 4) is 11.5 Å². The van der Waals surface area contributed by atoms with Crippen LogP contribution in [0.3, 0.4) is 0 Å². The molecule has 1 aliphatic heterocycles. The lowest BCUT2D eigenvalue weighted by Gasteiger charge is -2.38. The van der Waals surface area contributed by atoms with Crippen LogP contribution in [-0.2, 0) is 25.4 Å². The van der Waals surface area contributed by atoms with Gasteiger partial charge in [-0.1, -0.05) is 32.1 Å².